The number of nitrogens with two attached hydrogens (primary N) is 1. The third kappa shape index (κ3) is 3.06. The number of pyridine rings is 2. The monoisotopic (exact) mass is 462 g/mol. The summed E-state index contributed by atoms with van der Waals surface area (Å²) in [5.41, 5.74) is 10.5. The van der Waals surface area contributed by atoms with Gasteiger partial charge < -0.3 is 15.6 Å². The van der Waals surface area contributed by atoms with Gasteiger partial charge in [0.15, 0.2) is 5.82 Å². The van der Waals surface area contributed by atoms with E-state index in [9.17, 15) is 9.35 Å². The Balaban J connectivity index is 1.55. The highest BCUT2D eigenvalue weighted by Crippen LogP contribution is 2.45. The van der Waals surface area contributed by atoms with E-state index in [0.29, 0.717) is 38.5 Å². The van der Waals surface area contributed by atoms with Crippen molar-refractivity contribution in [3.63, 3.8) is 0 Å². The third-order valence-electron chi connectivity index (χ3n) is 5.93. The highest BCUT2D eigenvalue weighted by molar-refractivity contribution is 7.94. The summed E-state index contributed by atoms with van der Waals surface area (Å²) in [7, 11) is 0. The zero-order valence-corrected chi connectivity index (χ0v) is 18.5. The van der Waals surface area contributed by atoms with Gasteiger partial charge in [0.1, 0.15) is 21.5 Å². The van der Waals surface area contributed by atoms with E-state index in [0.717, 1.165) is 41.3 Å². The second kappa shape index (κ2) is 7.51. The van der Waals surface area contributed by atoms with E-state index in [4.69, 9.17) is 10.7 Å². The van der Waals surface area contributed by atoms with Gasteiger partial charge in [-0.05, 0) is 37.5 Å². The van der Waals surface area contributed by atoms with E-state index in [1.807, 2.05) is 12.1 Å². The number of amides is 1. The zero-order valence-electron chi connectivity index (χ0n) is 16.9. The number of anilines is 1. The van der Waals surface area contributed by atoms with Gasteiger partial charge in [0.2, 0.25) is 4.21 Å². The maximum atomic E-state index is 13.1. The summed E-state index contributed by atoms with van der Waals surface area (Å²) < 4.78 is 13.8. The van der Waals surface area contributed by atoms with Crippen LogP contribution >= 0.6 is 11.3 Å². The highest BCUT2D eigenvalue weighted by atomic mass is 32.2. The van der Waals surface area contributed by atoms with Crippen LogP contribution in [0.15, 0.2) is 41.0 Å². The van der Waals surface area contributed by atoms with Crippen LogP contribution in [0, 0.1) is 0 Å². The van der Waals surface area contributed by atoms with Crippen molar-refractivity contribution in [1.82, 2.24) is 25.3 Å². The number of fused-ring (bicyclic) bond motifs is 2. The second-order valence-corrected chi connectivity index (χ2v) is 10.8. The number of nitrogens with one attached hydrogen (secondary N) is 1. The first-order valence-corrected chi connectivity index (χ1v) is 12.3. The van der Waals surface area contributed by atoms with Gasteiger partial charge in [0.05, 0.1) is 11.1 Å². The molecule has 1 fully saturated rings. The summed E-state index contributed by atoms with van der Waals surface area (Å²) >= 11 is 0.224. The zero-order chi connectivity index (χ0) is 21.8. The first kappa shape index (κ1) is 19.6. The fourth-order valence-corrected chi connectivity index (χ4v) is 7.21. The van der Waals surface area contributed by atoms with Crippen molar-refractivity contribution in [3.05, 3.63) is 48.0 Å². The average molecular weight is 463 g/mol. The molecule has 6 rings (SSSR count). The Kier molecular flexibility index (Phi) is 4.60. The van der Waals surface area contributed by atoms with Crippen LogP contribution in [0.3, 0.4) is 0 Å². The van der Waals surface area contributed by atoms with Gasteiger partial charge >= 0.3 is 0 Å². The van der Waals surface area contributed by atoms with Gasteiger partial charge in [-0.3, -0.25) is 9.78 Å². The molecule has 5 heterocycles. The molecule has 2 aliphatic rings. The molecular formula is C22H18N6O2S2. The molecular weight excluding hydrogens is 444 g/mol. The fraction of sp³-hybridized carbons (Fsp3) is 0.227. The third-order valence-corrected chi connectivity index (χ3v) is 9.23. The largest absolute Gasteiger partial charge is 0.611 e. The van der Waals surface area contributed by atoms with E-state index in [1.54, 1.807) is 24.7 Å². The lowest BCUT2D eigenvalue weighted by atomic mass is 10.0. The predicted molar refractivity (Wildman–Crippen MR) is 124 cm³/mol. The summed E-state index contributed by atoms with van der Waals surface area (Å²) in [5, 5.41) is 3.68. The molecule has 160 valence electrons. The topological polar surface area (TPSA) is 130 Å². The van der Waals surface area contributed by atoms with Crippen molar-refractivity contribution < 1.29 is 9.35 Å². The summed E-state index contributed by atoms with van der Waals surface area (Å²) in [5.74, 6) is 0.361. The minimum atomic E-state index is -1.15. The molecule has 0 spiro atoms. The van der Waals surface area contributed by atoms with Gasteiger partial charge in [0, 0.05) is 53.0 Å². The maximum Gasteiger partial charge on any atom is 0.270 e. The van der Waals surface area contributed by atoms with Crippen molar-refractivity contribution >= 4 is 44.3 Å². The molecule has 0 bridgehead atoms. The summed E-state index contributed by atoms with van der Waals surface area (Å²) in [6, 6.07) is 5.57. The fourth-order valence-electron chi connectivity index (χ4n) is 4.00. The molecule has 3 N–H and O–H groups in total. The molecule has 1 aliphatic carbocycles. The van der Waals surface area contributed by atoms with Crippen molar-refractivity contribution in [1.29, 1.82) is 0 Å². The maximum absolute atomic E-state index is 13.1. The first-order chi connectivity index (χ1) is 15.6. The molecule has 10 heteroatoms. The first-order valence-electron chi connectivity index (χ1n) is 10.3. The Labute approximate surface area is 190 Å². The van der Waals surface area contributed by atoms with E-state index >= 15 is 0 Å². The smallest absolute Gasteiger partial charge is 0.270 e. The summed E-state index contributed by atoms with van der Waals surface area (Å²) in [4.78, 5) is 30.6. The minimum Gasteiger partial charge on any atom is -0.611 e. The van der Waals surface area contributed by atoms with Crippen LogP contribution in [0.1, 0.15) is 35.3 Å². The van der Waals surface area contributed by atoms with E-state index in [-0.39, 0.29) is 11.2 Å². The molecule has 32 heavy (non-hydrogen) atoms. The van der Waals surface area contributed by atoms with Crippen LogP contribution in [0.2, 0.25) is 0 Å². The lowest BCUT2D eigenvalue weighted by Gasteiger charge is -2.26. The Morgan fingerprint density at radius 1 is 1.19 bits per heavy atom. The summed E-state index contributed by atoms with van der Waals surface area (Å²) in [6.45, 7) is 0.447. The van der Waals surface area contributed by atoms with Crippen molar-refractivity contribution in [2.45, 2.75) is 35.3 Å². The number of aromatic nitrogens is 4. The molecule has 0 radical (unpaired) electrons. The van der Waals surface area contributed by atoms with Gasteiger partial charge in [-0.15, -0.1) is 0 Å². The van der Waals surface area contributed by atoms with Crippen molar-refractivity contribution in [2.24, 2.45) is 0 Å². The number of hydrogen-bond acceptors (Lipinski definition) is 8. The number of carbonyl (C=O) groups excluding carboxylic acids is 1. The van der Waals surface area contributed by atoms with Crippen LogP contribution in [-0.4, -0.2) is 35.6 Å². The molecule has 1 aliphatic heterocycles. The quantitative estimate of drug-likeness (QED) is 0.445. The standard InChI is InChI=1S/C22H18N6O2S2/c23-17-16-14(19-24-5-2-6-25-19)8-15(11-7-12-10-27-20(29)18(12)26-9-11)28-21(16)31-22(17)32(30)13-3-1-4-13/h2,5-9,13H,1,3-4,10,23H2,(H,27,29). The van der Waals surface area contributed by atoms with Crippen LogP contribution in [0.4, 0.5) is 5.69 Å². The van der Waals surface area contributed by atoms with Crippen LogP contribution < -0.4 is 11.1 Å². The molecule has 1 saturated carbocycles. The van der Waals surface area contributed by atoms with E-state index < -0.39 is 11.2 Å². The van der Waals surface area contributed by atoms with Crippen molar-refractivity contribution in [2.75, 3.05) is 5.73 Å². The normalized spacial score (nSPS) is 16.6. The van der Waals surface area contributed by atoms with Crippen molar-refractivity contribution in [3.8, 4) is 22.6 Å². The van der Waals surface area contributed by atoms with Gasteiger partial charge in [-0.1, -0.05) is 11.3 Å². The number of nitrogen functional groups attached to an aromatic ring is 1. The van der Waals surface area contributed by atoms with Crippen LogP contribution in [0.5, 0.6) is 0 Å². The highest BCUT2D eigenvalue weighted by Gasteiger charge is 2.35. The Morgan fingerprint density at radius 2 is 2.00 bits per heavy atom. The molecule has 4 aromatic rings. The number of hydrogen-bond donors (Lipinski definition) is 2. The van der Waals surface area contributed by atoms with E-state index in [1.165, 1.54) is 11.3 Å². The number of rotatable bonds is 4. The SMILES string of the molecule is Nc1c([S+]([O-])C2CCC2)sc2nc(-c3cnc4c(c3)CNC4=O)cc(-c3ncccn3)c12. The minimum absolute atomic E-state index is 0.159. The van der Waals surface area contributed by atoms with Crippen LogP contribution in [0.25, 0.3) is 32.9 Å². The predicted octanol–water partition coefficient (Wildman–Crippen LogP) is 3.30. The molecule has 4 aromatic heterocycles. The summed E-state index contributed by atoms with van der Waals surface area (Å²) in [6.07, 6.45) is 8.03. The Bertz CT molecular complexity index is 1370. The van der Waals surface area contributed by atoms with E-state index in [2.05, 4.69) is 20.3 Å². The molecule has 8 nitrogen and oxygen atoms in total. The second-order valence-electron chi connectivity index (χ2n) is 7.88. The number of thiophene rings is 1. The Morgan fingerprint density at radius 3 is 2.75 bits per heavy atom. The van der Waals surface area contributed by atoms with Crippen LogP contribution in [-0.2, 0) is 17.7 Å². The van der Waals surface area contributed by atoms with Gasteiger partial charge in [-0.2, -0.15) is 0 Å². The molecule has 0 saturated heterocycles. The van der Waals surface area contributed by atoms with Gasteiger partial charge in [-0.25, -0.2) is 15.0 Å². The lowest BCUT2D eigenvalue weighted by Crippen LogP contribution is -2.28. The molecule has 1 amide bonds. The number of nitrogens with zero attached hydrogens (tertiary/aromatic N) is 4. The molecule has 1 unspecified atom stereocenters. The average Bonchev–Trinajstić information content (AvgIpc) is 3.32. The lowest BCUT2D eigenvalue weighted by molar-refractivity contribution is 0.0961. The Hall–Kier alpha value is -3.08. The van der Waals surface area contributed by atoms with Gasteiger partial charge in [0.25, 0.3) is 5.91 Å². The number of carbonyl (C=O) groups is 1. The molecule has 1 atom stereocenters. The molecule has 0 aromatic carbocycles.